The van der Waals surface area contributed by atoms with E-state index < -0.39 is 0 Å². The van der Waals surface area contributed by atoms with Gasteiger partial charge in [0.2, 0.25) is 0 Å². The van der Waals surface area contributed by atoms with E-state index >= 15 is 0 Å². The van der Waals surface area contributed by atoms with Gasteiger partial charge in [-0.25, -0.2) is 9.48 Å². The first-order valence-electron chi connectivity index (χ1n) is 10.2. The second-order valence-corrected chi connectivity index (χ2v) is 8.04. The molecule has 2 heterocycles. The molecule has 0 aliphatic rings. The van der Waals surface area contributed by atoms with Crippen LogP contribution in [-0.4, -0.2) is 21.7 Å². The summed E-state index contributed by atoms with van der Waals surface area (Å²) >= 11 is 0. The molecule has 0 amide bonds. The second kappa shape index (κ2) is 7.92. The number of rotatable bonds is 5. The van der Waals surface area contributed by atoms with Crippen LogP contribution in [0.1, 0.15) is 33.6 Å². The van der Waals surface area contributed by atoms with Crippen molar-refractivity contribution in [1.29, 1.82) is 0 Å². The van der Waals surface area contributed by atoms with E-state index in [0.717, 1.165) is 45.7 Å². The van der Waals surface area contributed by atoms with Crippen molar-refractivity contribution in [3.63, 3.8) is 0 Å². The molecule has 0 unspecified atom stereocenters. The first kappa shape index (κ1) is 20.1. The van der Waals surface area contributed by atoms with Gasteiger partial charge in [-0.05, 0) is 63.6 Å². The van der Waals surface area contributed by atoms with Crippen molar-refractivity contribution in [3.05, 3.63) is 92.6 Å². The Kier molecular flexibility index (Phi) is 5.31. The van der Waals surface area contributed by atoms with E-state index in [9.17, 15) is 4.79 Å². The smallest absolute Gasteiger partial charge is 0.336 e. The van der Waals surface area contributed by atoms with Crippen molar-refractivity contribution in [1.82, 2.24) is 14.7 Å². The van der Waals surface area contributed by atoms with Crippen LogP contribution in [0.2, 0.25) is 0 Å². The second-order valence-electron chi connectivity index (χ2n) is 8.04. The molecule has 0 saturated heterocycles. The topological polar surface area (TPSA) is 51.3 Å². The molecule has 0 spiro atoms. The fourth-order valence-corrected chi connectivity index (χ4v) is 4.00. The van der Waals surface area contributed by atoms with Crippen molar-refractivity contribution >= 4 is 11.0 Å². The van der Waals surface area contributed by atoms with Gasteiger partial charge in [0.05, 0.1) is 11.4 Å². The highest BCUT2D eigenvalue weighted by molar-refractivity contribution is 5.83. The van der Waals surface area contributed by atoms with Crippen LogP contribution < -0.4 is 5.63 Å². The van der Waals surface area contributed by atoms with Gasteiger partial charge in [-0.2, -0.15) is 5.10 Å². The zero-order valence-electron chi connectivity index (χ0n) is 18.2. The third-order valence-electron chi connectivity index (χ3n) is 5.83. The fourth-order valence-electron chi connectivity index (χ4n) is 4.00. The van der Waals surface area contributed by atoms with Crippen molar-refractivity contribution in [2.24, 2.45) is 0 Å². The Labute approximate surface area is 176 Å². The molecule has 0 aliphatic carbocycles. The summed E-state index contributed by atoms with van der Waals surface area (Å²) in [5.74, 6) is 0. The number of aromatic nitrogens is 2. The van der Waals surface area contributed by atoms with Gasteiger partial charge in [0.15, 0.2) is 0 Å². The SMILES string of the molecule is Cc1ccc2c(CN(C)Cc3c(C)nn(-c4ccccc4)c3C)cc(=O)oc2c1C. The molecule has 154 valence electrons. The molecule has 30 heavy (non-hydrogen) atoms. The van der Waals surface area contributed by atoms with Gasteiger partial charge in [-0.15, -0.1) is 0 Å². The molecule has 0 bridgehead atoms. The summed E-state index contributed by atoms with van der Waals surface area (Å²) in [4.78, 5) is 14.4. The van der Waals surface area contributed by atoms with E-state index in [2.05, 4.69) is 37.1 Å². The molecular formula is C25H27N3O2. The van der Waals surface area contributed by atoms with Gasteiger partial charge in [-0.1, -0.05) is 30.3 Å². The van der Waals surface area contributed by atoms with Crippen LogP contribution in [0.5, 0.6) is 0 Å². The van der Waals surface area contributed by atoms with Crippen LogP contribution in [0, 0.1) is 27.7 Å². The van der Waals surface area contributed by atoms with Crippen LogP contribution in [-0.2, 0) is 13.1 Å². The van der Waals surface area contributed by atoms with Crippen LogP contribution in [0.15, 0.2) is 57.7 Å². The Bertz CT molecular complexity index is 1270. The van der Waals surface area contributed by atoms with Crippen molar-refractivity contribution in [2.45, 2.75) is 40.8 Å². The molecule has 0 saturated carbocycles. The average molecular weight is 402 g/mol. The molecule has 2 aromatic heterocycles. The maximum absolute atomic E-state index is 12.2. The van der Waals surface area contributed by atoms with Gasteiger partial charge in [0.1, 0.15) is 5.58 Å². The number of benzene rings is 2. The highest BCUT2D eigenvalue weighted by Gasteiger charge is 2.16. The highest BCUT2D eigenvalue weighted by atomic mass is 16.4. The van der Waals surface area contributed by atoms with E-state index in [1.807, 2.05) is 49.7 Å². The number of hydrogen-bond donors (Lipinski definition) is 0. The first-order chi connectivity index (χ1) is 14.3. The summed E-state index contributed by atoms with van der Waals surface area (Å²) in [7, 11) is 2.07. The van der Waals surface area contributed by atoms with E-state index in [0.29, 0.717) is 12.1 Å². The molecule has 0 aliphatic heterocycles. The van der Waals surface area contributed by atoms with E-state index in [4.69, 9.17) is 9.52 Å². The summed E-state index contributed by atoms with van der Waals surface area (Å²) in [6.07, 6.45) is 0. The van der Waals surface area contributed by atoms with Crippen molar-refractivity contribution in [2.75, 3.05) is 7.05 Å². The van der Waals surface area contributed by atoms with E-state index in [1.54, 1.807) is 6.07 Å². The molecule has 0 atom stereocenters. The summed E-state index contributed by atoms with van der Waals surface area (Å²) in [6, 6.07) is 15.9. The quantitative estimate of drug-likeness (QED) is 0.449. The Morgan fingerprint density at radius 2 is 1.73 bits per heavy atom. The fraction of sp³-hybridized carbons (Fsp3) is 0.280. The maximum Gasteiger partial charge on any atom is 0.336 e. The Balaban J connectivity index is 1.64. The highest BCUT2D eigenvalue weighted by Crippen LogP contribution is 2.25. The zero-order chi connectivity index (χ0) is 21.4. The third kappa shape index (κ3) is 3.68. The van der Waals surface area contributed by atoms with Gasteiger partial charge in [0, 0.05) is 35.8 Å². The summed E-state index contributed by atoms with van der Waals surface area (Å²) in [5.41, 5.74) is 7.93. The Hall–Kier alpha value is -3.18. The molecule has 4 rings (SSSR count). The number of fused-ring (bicyclic) bond motifs is 1. The molecule has 0 N–H and O–H groups in total. The molecule has 2 aromatic carbocycles. The minimum absolute atomic E-state index is 0.302. The predicted octanol–water partition coefficient (Wildman–Crippen LogP) is 4.84. The standard InChI is InChI=1S/C25H27N3O2/c1-16-11-12-22-20(13-24(29)30-25(22)17(16)2)14-27(5)15-23-18(3)26-28(19(23)4)21-9-7-6-8-10-21/h6-13H,14-15H2,1-5H3. The minimum atomic E-state index is -0.302. The van der Waals surface area contributed by atoms with Crippen LogP contribution in [0.4, 0.5) is 0 Å². The number of para-hydroxylation sites is 1. The largest absolute Gasteiger partial charge is 0.422 e. The van der Waals surface area contributed by atoms with Gasteiger partial charge < -0.3 is 4.42 Å². The molecular weight excluding hydrogens is 374 g/mol. The molecule has 0 fully saturated rings. The lowest BCUT2D eigenvalue weighted by molar-refractivity contribution is 0.318. The minimum Gasteiger partial charge on any atom is -0.422 e. The lowest BCUT2D eigenvalue weighted by Crippen LogP contribution is -2.19. The Morgan fingerprint density at radius 3 is 2.47 bits per heavy atom. The van der Waals surface area contributed by atoms with E-state index in [1.165, 1.54) is 5.56 Å². The number of aryl methyl sites for hydroxylation is 3. The van der Waals surface area contributed by atoms with Crippen LogP contribution >= 0.6 is 0 Å². The predicted molar refractivity (Wildman–Crippen MR) is 120 cm³/mol. The first-order valence-corrected chi connectivity index (χ1v) is 10.2. The van der Waals surface area contributed by atoms with Gasteiger partial charge in [-0.3, -0.25) is 4.90 Å². The summed E-state index contributed by atoms with van der Waals surface area (Å²) in [6.45, 7) is 9.59. The zero-order valence-corrected chi connectivity index (χ0v) is 18.2. The number of hydrogen-bond acceptors (Lipinski definition) is 4. The summed E-state index contributed by atoms with van der Waals surface area (Å²) in [5, 5.41) is 5.75. The average Bonchev–Trinajstić information content (AvgIpc) is 3.00. The molecule has 4 aromatic rings. The molecule has 5 heteroatoms. The lowest BCUT2D eigenvalue weighted by atomic mass is 10.0. The molecule has 0 radical (unpaired) electrons. The third-order valence-corrected chi connectivity index (χ3v) is 5.83. The summed E-state index contributed by atoms with van der Waals surface area (Å²) < 4.78 is 7.51. The van der Waals surface area contributed by atoms with Crippen LogP contribution in [0.3, 0.4) is 0 Å². The Morgan fingerprint density at radius 1 is 1.00 bits per heavy atom. The lowest BCUT2D eigenvalue weighted by Gasteiger charge is -2.18. The van der Waals surface area contributed by atoms with Gasteiger partial charge in [0.25, 0.3) is 0 Å². The maximum atomic E-state index is 12.2. The normalized spacial score (nSPS) is 11.5. The van der Waals surface area contributed by atoms with Crippen molar-refractivity contribution < 1.29 is 4.42 Å². The van der Waals surface area contributed by atoms with Crippen LogP contribution in [0.25, 0.3) is 16.7 Å². The monoisotopic (exact) mass is 401 g/mol. The van der Waals surface area contributed by atoms with Crippen molar-refractivity contribution in [3.8, 4) is 5.69 Å². The van der Waals surface area contributed by atoms with Gasteiger partial charge >= 0.3 is 5.63 Å². The van der Waals surface area contributed by atoms with E-state index in [-0.39, 0.29) is 5.63 Å². The number of nitrogens with zero attached hydrogens (tertiary/aromatic N) is 3. The molecule has 5 nitrogen and oxygen atoms in total.